The smallest absolute Gasteiger partial charge is 0.158 e. The third-order valence-corrected chi connectivity index (χ3v) is 8.38. The van der Waals surface area contributed by atoms with Gasteiger partial charge < -0.3 is 10.2 Å². The average Bonchev–Trinajstić information content (AvgIpc) is 2.86. The monoisotopic (exact) mass is 318 g/mol. The minimum Gasteiger partial charge on any atom is -0.395 e. The van der Waals surface area contributed by atoms with Crippen molar-refractivity contribution in [1.82, 2.24) is 0 Å². The van der Waals surface area contributed by atoms with E-state index in [1.165, 1.54) is 5.57 Å². The van der Waals surface area contributed by atoms with Crippen LogP contribution in [-0.2, 0) is 4.79 Å². The van der Waals surface area contributed by atoms with E-state index in [0.717, 1.165) is 50.5 Å². The number of fused-ring (bicyclic) bond motifs is 5. The second-order valence-corrected chi connectivity index (χ2v) is 8.89. The van der Waals surface area contributed by atoms with E-state index < -0.39 is 0 Å². The molecule has 0 bridgehead atoms. The molecule has 3 heteroatoms. The molecule has 0 saturated heterocycles. The number of aliphatic hydroxyl groups excluding tert-OH is 2. The summed E-state index contributed by atoms with van der Waals surface area (Å²) in [5.41, 5.74) is 2.16. The Balaban J connectivity index is 1.75. The third-order valence-electron chi connectivity index (χ3n) is 8.38. The molecule has 0 aromatic rings. The Morgan fingerprint density at radius 2 is 1.87 bits per heavy atom. The van der Waals surface area contributed by atoms with E-state index in [9.17, 15) is 15.0 Å². The zero-order valence-corrected chi connectivity index (χ0v) is 14.5. The van der Waals surface area contributed by atoms with E-state index in [1.807, 2.05) is 6.92 Å². The first kappa shape index (κ1) is 15.8. The van der Waals surface area contributed by atoms with Crippen LogP contribution in [-0.4, -0.2) is 28.7 Å². The average molecular weight is 318 g/mol. The summed E-state index contributed by atoms with van der Waals surface area (Å²) in [6.07, 6.45) is 7.65. The van der Waals surface area contributed by atoms with Crippen LogP contribution in [0.15, 0.2) is 11.1 Å². The molecular formula is C20H30O3. The number of aliphatic hydroxyl groups is 2. The lowest BCUT2D eigenvalue weighted by Gasteiger charge is -2.58. The molecule has 1 unspecified atom stereocenters. The van der Waals surface area contributed by atoms with E-state index >= 15 is 0 Å². The Bertz CT molecular complexity index is 565. The van der Waals surface area contributed by atoms with Crippen molar-refractivity contribution in [1.29, 1.82) is 0 Å². The molecule has 2 N–H and O–H groups in total. The van der Waals surface area contributed by atoms with Gasteiger partial charge in [-0.3, -0.25) is 4.79 Å². The molecule has 3 nitrogen and oxygen atoms in total. The van der Waals surface area contributed by atoms with Gasteiger partial charge in [-0.05, 0) is 80.6 Å². The van der Waals surface area contributed by atoms with Crippen LogP contribution in [0.1, 0.15) is 65.2 Å². The lowest BCUT2D eigenvalue weighted by Crippen LogP contribution is -2.54. The van der Waals surface area contributed by atoms with Crippen molar-refractivity contribution in [2.24, 2.45) is 28.6 Å². The summed E-state index contributed by atoms with van der Waals surface area (Å²) in [5, 5.41) is 20.9. The zero-order valence-electron chi connectivity index (χ0n) is 14.5. The molecule has 0 aliphatic heterocycles. The number of hydrogen-bond donors (Lipinski definition) is 2. The van der Waals surface area contributed by atoms with Crippen molar-refractivity contribution in [2.75, 3.05) is 6.61 Å². The molecule has 6 atom stereocenters. The lowest BCUT2D eigenvalue weighted by molar-refractivity contribution is -0.121. The molecule has 3 saturated carbocycles. The third kappa shape index (κ3) is 1.93. The van der Waals surface area contributed by atoms with E-state index in [2.05, 4.69) is 6.92 Å². The summed E-state index contributed by atoms with van der Waals surface area (Å²) in [4.78, 5) is 12.2. The number of carbonyl (C=O) groups is 1. The van der Waals surface area contributed by atoms with Gasteiger partial charge in [0.15, 0.2) is 5.78 Å². The number of carbonyl (C=O) groups excluding carboxylic acids is 1. The van der Waals surface area contributed by atoms with E-state index in [0.29, 0.717) is 30.0 Å². The van der Waals surface area contributed by atoms with Gasteiger partial charge in [0.1, 0.15) is 0 Å². The topological polar surface area (TPSA) is 57.5 Å². The summed E-state index contributed by atoms with van der Waals surface area (Å²) in [6.45, 7) is 4.46. The van der Waals surface area contributed by atoms with Crippen LogP contribution in [0, 0.1) is 28.6 Å². The van der Waals surface area contributed by atoms with Crippen LogP contribution in [0.4, 0.5) is 0 Å². The first-order chi connectivity index (χ1) is 10.9. The highest BCUT2D eigenvalue weighted by atomic mass is 16.3. The molecule has 128 valence electrons. The highest BCUT2D eigenvalue weighted by Gasteiger charge is 2.60. The van der Waals surface area contributed by atoms with E-state index in [4.69, 9.17) is 0 Å². The van der Waals surface area contributed by atoms with Gasteiger partial charge in [0.25, 0.3) is 0 Å². The van der Waals surface area contributed by atoms with Crippen molar-refractivity contribution in [2.45, 2.75) is 71.3 Å². The second kappa shape index (κ2) is 5.16. The first-order valence-electron chi connectivity index (χ1n) is 9.46. The van der Waals surface area contributed by atoms with Crippen molar-refractivity contribution in [3.8, 4) is 0 Å². The summed E-state index contributed by atoms with van der Waals surface area (Å²) in [6, 6.07) is 0. The fourth-order valence-electron chi connectivity index (χ4n) is 7.01. The van der Waals surface area contributed by atoms with Crippen LogP contribution < -0.4 is 0 Å². The number of Topliss-reactive ketones (excluding diaryl/α,β-unsaturated/α-hetero) is 1. The Kier molecular flexibility index (Phi) is 3.55. The fourth-order valence-corrected chi connectivity index (χ4v) is 7.01. The van der Waals surface area contributed by atoms with E-state index in [-0.39, 0.29) is 23.5 Å². The van der Waals surface area contributed by atoms with Crippen LogP contribution in [0.3, 0.4) is 0 Å². The molecule has 0 heterocycles. The van der Waals surface area contributed by atoms with Gasteiger partial charge >= 0.3 is 0 Å². The van der Waals surface area contributed by atoms with Gasteiger partial charge in [0.05, 0.1) is 12.7 Å². The van der Waals surface area contributed by atoms with Crippen molar-refractivity contribution in [3.05, 3.63) is 11.1 Å². The molecular weight excluding hydrogens is 288 g/mol. The number of hydrogen-bond acceptors (Lipinski definition) is 3. The minimum absolute atomic E-state index is 0.0819. The molecule has 23 heavy (non-hydrogen) atoms. The van der Waals surface area contributed by atoms with Crippen LogP contribution in [0.2, 0.25) is 0 Å². The maximum atomic E-state index is 12.2. The Hall–Kier alpha value is -0.670. The molecule has 0 aromatic heterocycles. The SMILES string of the molecule is CC1=C2CC[C@@H]3[C@@H](CC[C@]4(C)C(O)CC[C@@H]34)[C@@]2(CO)CCC1=O. The largest absolute Gasteiger partial charge is 0.395 e. The molecule has 0 amide bonds. The normalized spacial score (nSPS) is 49.7. The summed E-state index contributed by atoms with van der Waals surface area (Å²) >= 11 is 0. The summed E-state index contributed by atoms with van der Waals surface area (Å²) in [7, 11) is 0. The van der Waals surface area contributed by atoms with Gasteiger partial charge in [-0.15, -0.1) is 0 Å². The second-order valence-electron chi connectivity index (χ2n) is 8.89. The standard InChI is InChI=1S/C20H30O3/c1-12-14-4-3-13-15-5-6-18(23)19(15,2)9-7-16(13)20(14,11-21)10-8-17(12)22/h13,15-16,18,21,23H,3-11H2,1-2H3/t13-,15-,16+,18?,19-,20+/m0/s1. The maximum absolute atomic E-state index is 12.2. The van der Waals surface area contributed by atoms with Crippen LogP contribution in [0.5, 0.6) is 0 Å². The quantitative estimate of drug-likeness (QED) is 0.780. The van der Waals surface area contributed by atoms with Crippen molar-refractivity contribution in [3.63, 3.8) is 0 Å². The first-order valence-corrected chi connectivity index (χ1v) is 9.46. The minimum atomic E-state index is -0.148. The molecule has 4 aliphatic rings. The van der Waals surface area contributed by atoms with Gasteiger partial charge in [0, 0.05) is 11.8 Å². The Labute approximate surface area is 139 Å². The Morgan fingerprint density at radius 3 is 2.61 bits per heavy atom. The maximum Gasteiger partial charge on any atom is 0.158 e. The van der Waals surface area contributed by atoms with E-state index in [1.54, 1.807) is 0 Å². The molecule has 4 rings (SSSR count). The van der Waals surface area contributed by atoms with Crippen LogP contribution in [0.25, 0.3) is 0 Å². The molecule has 0 radical (unpaired) electrons. The Morgan fingerprint density at radius 1 is 1.09 bits per heavy atom. The van der Waals surface area contributed by atoms with Crippen LogP contribution >= 0.6 is 0 Å². The zero-order chi connectivity index (χ0) is 16.4. The highest BCUT2D eigenvalue weighted by Crippen LogP contribution is 2.65. The van der Waals surface area contributed by atoms with Crippen molar-refractivity contribution >= 4 is 5.78 Å². The van der Waals surface area contributed by atoms with Crippen molar-refractivity contribution < 1.29 is 15.0 Å². The fraction of sp³-hybridized carbons (Fsp3) is 0.850. The predicted octanol–water partition coefficient (Wildman–Crippen LogP) is 3.24. The number of rotatable bonds is 1. The number of ketones is 1. The summed E-state index contributed by atoms with van der Waals surface area (Å²) < 4.78 is 0. The van der Waals surface area contributed by atoms with Gasteiger partial charge in [-0.25, -0.2) is 0 Å². The van der Waals surface area contributed by atoms with Gasteiger partial charge in [0.2, 0.25) is 0 Å². The predicted molar refractivity (Wildman–Crippen MR) is 88.7 cm³/mol. The highest BCUT2D eigenvalue weighted by molar-refractivity contribution is 5.96. The lowest BCUT2D eigenvalue weighted by atomic mass is 9.46. The molecule has 0 aromatic carbocycles. The molecule has 4 aliphatic carbocycles. The molecule has 3 fully saturated rings. The summed E-state index contributed by atoms with van der Waals surface area (Å²) in [5.74, 6) is 2.00. The van der Waals surface area contributed by atoms with Gasteiger partial charge in [-0.1, -0.05) is 12.5 Å². The van der Waals surface area contributed by atoms with Gasteiger partial charge in [-0.2, -0.15) is 0 Å². The molecule has 0 spiro atoms.